The Balaban J connectivity index is 1.83. The van der Waals surface area contributed by atoms with Crippen molar-refractivity contribution in [3.05, 3.63) is 48.0 Å². The molecule has 0 spiro atoms. The zero-order valence-corrected chi connectivity index (χ0v) is 14.6. The lowest BCUT2D eigenvalue weighted by Gasteiger charge is -2.14. The fraction of sp³-hybridized carbons (Fsp3) is 0.263. The van der Waals surface area contributed by atoms with E-state index in [1.807, 2.05) is 13.8 Å². The van der Waals surface area contributed by atoms with Crippen molar-refractivity contribution in [3.8, 4) is 11.1 Å². The van der Waals surface area contributed by atoms with Gasteiger partial charge in [-0.1, -0.05) is 26.0 Å². The maximum Gasteiger partial charge on any atom is 0.320 e. The van der Waals surface area contributed by atoms with Gasteiger partial charge in [0.25, 0.3) is 0 Å². The summed E-state index contributed by atoms with van der Waals surface area (Å²) < 4.78 is 26.5. The molecule has 5 nitrogen and oxygen atoms in total. The highest BCUT2D eigenvalue weighted by atomic mass is 19.2. The lowest BCUT2D eigenvalue weighted by atomic mass is 10.0. The molecule has 136 valence electrons. The van der Waals surface area contributed by atoms with Gasteiger partial charge >= 0.3 is 6.03 Å². The van der Waals surface area contributed by atoms with E-state index in [0.29, 0.717) is 22.5 Å². The molecular weight excluding hydrogens is 338 g/mol. The number of fused-ring (bicyclic) bond motifs is 1. The maximum absolute atomic E-state index is 13.4. The van der Waals surface area contributed by atoms with Crippen LogP contribution in [0.15, 0.2) is 36.4 Å². The molecule has 0 fully saturated rings. The predicted molar refractivity (Wildman–Crippen MR) is 98.0 cm³/mol. The number of nitrogens with one attached hydrogen (secondary N) is 3. The van der Waals surface area contributed by atoms with Crippen molar-refractivity contribution in [2.45, 2.75) is 32.7 Å². The van der Waals surface area contributed by atoms with E-state index in [-0.39, 0.29) is 12.1 Å². The topological polar surface area (TPSA) is 69.8 Å². The summed E-state index contributed by atoms with van der Waals surface area (Å²) in [4.78, 5) is 12.1. The molecule has 2 aromatic carbocycles. The van der Waals surface area contributed by atoms with E-state index < -0.39 is 11.6 Å². The van der Waals surface area contributed by atoms with Gasteiger partial charge in [-0.15, -0.1) is 0 Å². The van der Waals surface area contributed by atoms with E-state index in [9.17, 15) is 13.6 Å². The van der Waals surface area contributed by atoms with Gasteiger partial charge in [-0.05, 0) is 48.2 Å². The van der Waals surface area contributed by atoms with Crippen molar-refractivity contribution in [1.82, 2.24) is 15.5 Å². The van der Waals surface area contributed by atoms with Crippen LogP contribution in [0.1, 0.15) is 26.7 Å². The Labute approximate surface area is 149 Å². The molecule has 1 heterocycles. The van der Waals surface area contributed by atoms with Gasteiger partial charge in [0.1, 0.15) is 0 Å². The number of amides is 2. The molecule has 0 aliphatic carbocycles. The first-order valence-corrected chi connectivity index (χ1v) is 8.52. The van der Waals surface area contributed by atoms with E-state index in [0.717, 1.165) is 30.4 Å². The summed E-state index contributed by atoms with van der Waals surface area (Å²) in [5.41, 5.74) is 1.96. The molecule has 0 bridgehead atoms. The molecule has 3 rings (SSSR count). The number of urea groups is 1. The molecule has 0 radical (unpaired) electrons. The number of aromatic nitrogens is 2. The number of carbonyl (C=O) groups excluding carboxylic acids is 1. The molecule has 7 heteroatoms. The summed E-state index contributed by atoms with van der Waals surface area (Å²) in [5, 5.41) is 13.3. The standard InChI is InChI=1S/C19H20F2N4O/c1-3-13(4-2)22-19(26)23-18-14-7-5-12(10-17(14)24-25-18)11-6-8-15(20)16(21)9-11/h5-10,13H,3-4H2,1-2H3,(H3,22,23,24,25,26). The summed E-state index contributed by atoms with van der Waals surface area (Å²) in [6.45, 7) is 4.02. The normalized spacial score (nSPS) is 11.1. The number of halogens is 2. The van der Waals surface area contributed by atoms with Gasteiger partial charge in [-0.25, -0.2) is 13.6 Å². The van der Waals surface area contributed by atoms with Gasteiger partial charge < -0.3 is 5.32 Å². The Morgan fingerprint density at radius 3 is 2.46 bits per heavy atom. The molecule has 26 heavy (non-hydrogen) atoms. The van der Waals surface area contributed by atoms with Crippen LogP contribution in [-0.4, -0.2) is 22.3 Å². The van der Waals surface area contributed by atoms with Crippen molar-refractivity contribution in [2.24, 2.45) is 0 Å². The monoisotopic (exact) mass is 358 g/mol. The average molecular weight is 358 g/mol. The Morgan fingerprint density at radius 2 is 1.77 bits per heavy atom. The number of H-pyrrole nitrogens is 1. The van der Waals surface area contributed by atoms with Crippen molar-refractivity contribution < 1.29 is 13.6 Å². The third-order valence-corrected chi connectivity index (χ3v) is 4.37. The number of anilines is 1. The first-order chi connectivity index (χ1) is 12.5. The molecule has 0 saturated heterocycles. The fourth-order valence-electron chi connectivity index (χ4n) is 2.79. The molecule has 2 amide bonds. The van der Waals surface area contributed by atoms with Crippen LogP contribution in [-0.2, 0) is 0 Å². The predicted octanol–water partition coefficient (Wildman–Crippen LogP) is 4.82. The van der Waals surface area contributed by atoms with Crippen molar-refractivity contribution in [1.29, 1.82) is 0 Å². The second kappa shape index (κ2) is 7.51. The molecule has 0 saturated carbocycles. The first-order valence-electron chi connectivity index (χ1n) is 8.52. The highest BCUT2D eigenvalue weighted by Gasteiger charge is 2.13. The van der Waals surface area contributed by atoms with Crippen LogP contribution in [0.5, 0.6) is 0 Å². The Bertz CT molecular complexity index is 934. The maximum atomic E-state index is 13.4. The second-order valence-corrected chi connectivity index (χ2v) is 6.07. The van der Waals surface area contributed by atoms with Crippen LogP contribution < -0.4 is 10.6 Å². The lowest BCUT2D eigenvalue weighted by Crippen LogP contribution is -2.37. The van der Waals surface area contributed by atoms with Crippen molar-refractivity contribution >= 4 is 22.8 Å². The van der Waals surface area contributed by atoms with Crippen LogP contribution >= 0.6 is 0 Å². The number of nitrogens with zero attached hydrogens (tertiary/aromatic N) is 1. The minimum absolute atomic E-state index is 0.111. The average Bonchev–Trinajstić information content (AvgIpc) is 3.04. The molecule has 0 unspecified atom stereocenters. The summed E-state index contributed by atoms with van der Waals surface area (Å²) in [5.74, 6) is -1.36. The summed E-state index contributed by atoms with van der Waals surface area (Å²) in [7, 11) is 0. The largest absolute Gasteiger partial charge is 0.335 e. The number of benzene rings is 2. The fourth-order valence-corrected chi connectivity index (χ4v) is 2.79. The van der Waals surface area contributed by atoms with Crippen LogP contribution in [0, 0.1) is 11.6 Å². The molecule has 3 N–H and O–H groups in total. The van der Waals surface area contributed by atoms with Crippen molar-refractivity contribution in [2.75, 3.05) is 5.32 Å². The summed E-state index contributed by atoms with van der Waals surface area (Å²) >= 11 is 0. The van der Waals surface area contributed by atoms with E-state index >= 15 is 0 Å². The van der Waals surface area contributed by atoms with Gasteiger partial charge in [-0.2, -0.15) is 5.10 Å². The third-order valence-electron chi connectivity index (χ3n) is 4.37. The van der Waals surface area contributed by atoms with Crippen LogP contribution in [0.4, 0.5) is 19.4 Å². The number of rotatable bonds is 5. The summed E-state index contributed by atoms with van der Waals surface area (Å²) in [6.07, 6.45) is 1.70. The summed E-state index contributed by atoms with van der Waals surface area (Å²) in [6, 6.07) is 8.89. The molecule has 0 aliphatic rings. The zero-order valence-electron chi connectivity index (χ0n) is 14.6. The minimum atomic E-state index is -0.896. The van der Waals surface area contributed by atoms with Gasteiger partial charge in [0.2, 0.25) is 0 Å². The van der Waals surface area contributed by atoms with Gasteiger partial charge in [0.15, 0.2) is 17.5 Å². The first kappa shape index (κ1) is 17.8. The van der Waals surface area contributed by atoms with Gasteiger partial charge in [0.05, 0.1) is 5.52 Å². The minimum Gasteiger partial charge on any atom is -0.335 e. The molecule has 0 atom stereocenters. The Hall–Kier alpha value is -2.96. The van der Waals surface area contributed by atoms with Crippen LogP contribution in [0.2, 0.25) is 0 Å². The molecule has 1 aromatic heterocycles. The smallest absolute Gasteiger partial charge is 0.320 e. The second-order valence-electron chi connectivity index (χ2n) is 6.07. The zero-order chi connectivity index (χ0) is 18.7. The van der Waals surface area contributed by atoms with E-state index in [1.54, 1.807) is 18.2 Å². The quantitative estimate of drug-likeness (QED) is 0.612. The molecular formula is C19H20F2N4O. The lowest BCUT2D eigenvalue weighted by molar-refractivity contribution is 0.247. The Kier molecular flexibility index (Phi) is 5.16. The van der Waals surface area contributed by atoms with E-state index in [4.69, 9.17) is 0 Å². The number of carbonyl (C=O) groups is 1. The Morgan fingerprint density at radius 1 is 1.08 bits per heavy atom. The highest BCUT2D eigenvalue weighted by molar-refractivity contribution is 6.00. The molecule has 0 aliphatic heterocycles. The van der Waals surface area contributed by atoms with Gasteiger partial charge in [0, 0.05) is 11.4 Å². The van der Waals surface area contributed by atoms with Crippen molar-refractivity contribution in [3.63, 3.8) is 0 Å². The molecule has 3 aromatic rings. The van der Waals surface area contributed by atoms with Crippen LogP contribution in [0.25, 0.3) is 22.0 Å². The number of hydrogen-bond acceptors (Lipinski definition) is 2. The SMILES string of the molecule is CCC(CC)NC(=O)Nc1n[nH]c2cc(-c3ccc(F)c(F)c3)ccc12. The van der Waals surface area contributed by atoms with E-state index in [1.165, 1.54) is 6.07 Å². The van der Waals surface area contributed by atoms with E-state index in [2.05, 4.69) is 20.8 Å². The number of hydrogen-bond donors (Lipinski definition) is 3. The van der Waals surface area contributed by atoms with Crippen LogP contribution in [0.3, 0.4) is 0 Å². The number of aromatic amines is 1. The van der Waals surface area contributed by atoms with Gasteiger partial charge in [-0.3, -0.25) is 10.4 Å². The third kappa shape index (κ3) is 3.66. The highest BCUT2D eigenvalue weighted by Crippen LogP contribution is 2.28.